The summed E-state index contributed by atoms with van der Waals surface area (Å²) in [7, 11) is 3.15. The molecule has 0 fully saturated rings. The van der Waals surface area contributed by atoms with Crippen LogP contribution in [-0.4, -0.2) is 26.7 Å². The number of hydrogen-bond donors (Lipinski definition) is 1. The molecule has 0 unspecified atom stereocenters. The summed E-state index contributed by atoms with van der Waals surface area (Å²) in [4.78, 5) is 24.3. The molecule has 26 heavy (non-hydrogen) atoms. The van der Waals surface area contributed by atoms with Crippen LogP contribution in [0.25, 0.3) is 11.0 Å². The lowest BCUT2D eigenvalue weighted by Gasteiger charge is -2.10. The zero-order chi connectivity index (χ0) is 18.5. The molecule has 0 saturated heterocycles. The van der Waals surface area contributed by atoms with E-state index in [0.717, 1.165) is 5.56 Å². The lowest BCUT2D eigenvalue weighted by atomic mass is 10.1. The van der Waals surface area contributed by atoms with Crippen molar-refractivity contribution in [3.63, 3.8) is 0 Å². The van der Waals surface area contributed by atoms with Crippen molar-refractivity contribution >= 4 is 16.9 Å². The van der Waals surface area contributed by atoms with Crippen molar-refractivity contribution in [1.82, 2.24) is 5.32 Å². The summed E-state index contributed by atoms with van der Waals surface area (Å²) < 4.78 is 16.0. The average Bonchev–Trinajstić information content (AvgIpc) is 2.67. The highest BCUT2D eigenvalue weighted by atomic mass is 16.5. The Morgan fingerprint density at radius 2 is 1.81 bits per heavy atom. The molecule has 0 bridgehead atoms. The molecule has 0 spiro atoms. The number of para-hydroxylation sites is 1. The van der Waals surface area contributed by atoms with E-state index in [4.69, 9.17) is 13.9 Å². The number of fused-ring (bicyclic) bond motifs is 1. The van der Waals surface area contributed by atoms with Gasteiger partial charge in [-0.1, -0.05) is 18.2 Å². The summed E-state index contributed by atoms with van der Waals surface area (Å²) in [5.41, 5.74) is 1.14. The molecular weight excluding hydrogens is 334 g/mol. The number of carbonyl (C=O) groups excluding carboxylic acids is 1. The predicted molar refractivity (Wildman–Crippen MR) is 98.1 cm³/mol. The molecule has 0 atom stereocenters. The Kier molecular flexibility index (Phi) is 5.22. The quantitative estimate of drug-likeness (QED) is 0.737. The number of benzene rings is 2. The van der Waals surface area contributed by atoms with Crippen LogP contribution in [0.4, 0.5) is 0 Å². The summed E-state index contributed by atoms with van der Waals surface area (Å²) in [5, 5.41) is 3.21. The SMILES string of the molecule is COc1ccc(CCNC(=O)c2cc(=O)c3ccccc3o2)cc1OC. The summed E-state index contributed by atoms with van der Waals surface area (Å²) in [6, 6.07) is 13.6. The van der Waals surface area contributed by atoms with Crippen LogP contribution in [-0.2, 0) is 6.42 Å². The lowest BCUT2D eigenvalue weighted by Crippen LogP contribution is -2.26. The molecule has 1 aromatic heterocycles. The third-order valence-electron chi connectivity index (χ3n) is 4.01. The number of methoxy groups -OCH3 is 2. The minimum Gasteiger partial charge on any atom is -0.493 e. The van der Waals surface area contributed by atoms with E-state index in [2.05, 4.69) is 5.32 Å². The second kappa shape index (κ2) is 7.74. The standard InChI is InChI=1S/C20H19NO5/c1-24-17-8-7-13(11-18(17)25-2)9-10-21-20(23)19-12-15(22)14-5-3-4-6-16(14)26-19/h3-8,11-12H,9-10H2,1-2H3,(H,21,23). The fourth-order valence-electron chi connectivity index (χ4n) is 2.66. The topological polar surface area (TPSA) is 77.8 Å². The third kappa shape index (κ3) is 3.69. The maximum absolute atomic E-state index is 12.3. The van der Waals surface area contributed by atoms with E-state index >= 15 is 0 Å². The van der Waals surface area contributed by atoms with E-state index in [1.165, 1.54) is 6.07 Å². The first-order valence-electron chi connectivity index (χ1n) is 8.14. The maximum atomic E-state index is 12.3. The highest BCUT2D eigenvalue weighted by Gasteiger charge is 2.12. The van der Waals surface area contributed by atoms with Gasteiger partial charge < -0.3 is 19.2 Å². The van der Waals surface area contributed by atoms with Crippen molar-refractivity contribution in [3.8, 4) is 11.5 Å². The molecule has 0 aliphatic rings. The molecule has 2 aromatic carbocycles. The number of carbonyl (C=O) groups is 1. The van der Waals surface area contributed by atoms with Crippen LogP contribution in [0.15, 0.2) is 57.7 Å². The number of hydrogen-bond acceptors (Lipinski definition) is 5. The highest BCUT2D eigenvalue weighted by molar-refractivity contribution is 5.93. The monoisotopic (exact) mass is 353 g/mol. The average molecular weight is 353 g/mol. The van der Waals surface area contributed by atoms with Crippen LogP contribution in [0.2, 0.25) is 0 Å². The molecule has 3 rings (SSSR count). The number of rotatable bonds is 6. The summed E-state index contributed by atoms with van der Waals surface area (Å²) in [6.07, 6.45) is 0.601. The molecule has 0 aliphatic carbocycles. The largest absolute Gasteiger partial charge is 0.493 e. The summed E-state index contributed by atoms with van der Waals surface area (Å²) in [6.45, 7) is 0.394. The molecule has 134 valence electrons. The van der Waals surface area contributed by atoms with Crippen molar-refractivity contribution in [2.24, 2.45) is 0 Å². The van der Waals surface area contributed by atoms with Crippen LogP contribution in [0.3, 0.4) is 0 Å². The van der Waals surface area contributed by atoms with Crippen LogP contribution >= 0.6 is 0 Å². The molecule has 0 saturated carbocycles. The Balaban J connectivity index is 1.67. The Morgan fingerprint density at radius 1 is 1.04 bits per heavy atom. The van der Waals surface area contributed by atoms with Gasteiger partial charge in [-0.3, -0.25) is 9.59 Å². The van der Waals surface area contributed by atoms with Gasteiger partial charge in [-0.15, -0.1) is 0 Å². The van der Waals surface area contributed by atoms with Gasteiger partial charge in [0.05, 0.1) is 19.6 Å². The van der Waals surface area contributed by atoms with Crippen molar-refractivity contribution in [3.05, 3.63) is 70.1 Å². The van der Waals surface area contributed by atoms with E-state index in [-0.39, 0.29) is 11.2 Å². The second-order valence-corrected chi connectivity index (χ2v) is 5.67. The molecule has 1 amide bonds. The van der Waals surface area contributed by atoms with E-state index in [1.54, 1.807) is 38.5 Å². The van der Waals surface area contributed by atoms with Crippen molar-refractivity contribution < 1.29 is 18.7 Å². The van der Waals surface area contributed by atoms with Crippen LogP contribution in [0, 0.1) is 0 Å². The van der Waals surface area contributed by atoms with Crippen LogP contribution in [0.1, 0.15) is 16.1 Å². The van der Waals surface area contributed by atoms with E-state index < -0.39 is 5.91 Å². The Labute approximate surface area is 150 Å². The first-order chi connectivity index (χ1) is 12.6. The minimum atomic E-state index is -0.423. The molecule has 6 nitrogen and oxygen atoms in total. The number of amides is 1. The van der Waals surface area contributed by atoms with Crippen molar-refractivity contribution in [2.75, 3.05) is 20.8 Å². The fraction of sp³-hybridized carbons (Fsp3) is 0.200. The number of ether oxygens (including phenoxy) is 2. The highest BCUT2D eigenvalue weighted by Crippen LogP contribution is 2.27. The molecule has 0 radical (unpaired) electrons. The van der Waals surface area contributed by atoms with Gasteiger partial charge in [0.1, 0.15) is 5.58 Å². The van der Waals surface area contributed by atoms with Crippen LogP contribution < -0.4 is 20.2 Å². The van der Waals surface area contributed by atoms with Gasteiger partial charge in [-0.2, -0.15) is 0 Å². The van der Waals surface area contributed by atoms with Crippen LogP contribution in [0.5, 0.6) is 11.5 Å². The molecule has 0 aliphatic heterocycles. The van der Waals surface area contributed by atoms with Gasteiger partial charge >= 0.3 is 0 Å². The van der Waals surface area contributed by atoms with Gasteiger partial charge in [0.15, 0.2) is 22.7 Å². The van der Waals surface area contributed by atoms with Gasteiger partial charge in [0, 0.05) is 12.6 Å². The molecule has 1 heterocycles. The molecular formula is C20H19NO5. The first-order valence-corrected chi connectivity index (χ1v) is 8.14. The van der Waals surface area contributed by atoms with Crippen molar-refractivity contribution in [2.45, 2.75) is 6.42 Å². The molecule has 3 aromatic rings. The van der Waals surface area contributed by atoms with Gasteiger partial charge in [0.2, 0.25) is 0 Å². The van der Waals surface area contributed by atoms with Crippen molar-refractivity contribution in [1.29, 1.82) is 0 Å². The van der Waals surface area contributed by atoms with Gasteiger partial charge in [-0.25, -0.2) is 0 Å². The maximum Gasteiger partial charge on any atom is 0.287 e. The van der Waals surface area contributed by atoms with E-state index in [9.17, 15) is 9.59 Å². The first kappa shape index (κ1) is 17.5. The van der Waals surface area contributed by atoms with Gasteiger partial charge in [-0.05, 0) is 36.2 Å². The zero-order valence-electron chi connectivity index (χ0n) is 14.6. The summed E-state index contributed by atoms with van der Waals surface area (Å²) >= 11 is 0. The second-order valence-electron chi connectivity index (χ2n) is 5.67. The van der Waals surface area contributed by atoms with E-state index in [1.807, 2.05) is 18.2 Å². The minimum absolute atomic E-state index is 0.000937. The lowest BCUT2D eigenvalue weighted by molar-refractivity contribution is 0.0927. The normalized spacial score (nSPS) is 10.5. The number of nitrogens with one attached hydrogen (secondary N) is 1. The Bertz CT molecular complexity index is 993. The predicted octanol–water partition coefficient (Wildman–Crippen LogP) is 2.78. The summed E-state index contributed by atoms with van der Waals surface area (Å²) in [5.74, 6) is 0.865. The third-order valence-corrected chi connectivity index (χ3v) is 4.01. The Morgan fingerprint density at radius 3 is 2.58 bits per heavy atom. The van der Waals surface area contributed by atoms with Gasteiger partial charge in [0.25, 0.3) is 5.91 Å². The Hall–Kier alpha value is -3.28. The molecule has 1 N–H and O–H groups in total. The smallest absolute Gasteiger partial charge is 0.287 e. The molecule has 6 heteroatoms. The zero-order valence-corrected chi connectivity index (χ0v) is 14.6. The fourth-order valence-corrected chi connectivity index (χ4v) is 2.66. The van der Waals surface area contributed by atoms with E-state index in [0.29, 0.717) is 35.4 Å².